The fourth-order valence-corrected chi connectivity index (χ4v) is 7.24. The number of aliphatic hydroxyl groups excluding tert-OH is 2. The number of aliphatic hydroxyl groups is 2. The Morgan fingerprint density at radius 2 is 0.927 bits per heavy atom. The summed E-state index contributed by atoms with van der Waals surface area (Å²) in [4.78, 5) is 24.4. The third kappa shape index (κ3) is 41.8. The van der Waals surface area contributed by atoms with E-state index in [1.807, 2.05) is 0 Å². The highest BCUT2D eigenvalue weighted by atomic mass is 16.5. The number of hydrogen-bond acceptors (Lipinski definition) is 5. The lowest BCUT2D eigenvalue weighted by molar-refractivity contribution is -0.143. The Morgan fingerprint density at radius 3 is 1.44 bits per heavy atom. The normalized spacial score (nSPS) is 12.9. The minimum atomic E-state index is -0.679. The molecule has 0 bridgehead atoms. The Labute approximate surface area is 341 Å². The molecule has 0 spiro atoms. The summed E-state index contributed by atoms with van der Waals surface area (Å²) in [5.74, 6) is -0.0929. The molecule has 6 heteroatoms. The molecule has 0 aliphatic rings. The highest BCUT2D eigenvalue weighted by molar-refractivity contribution is 5.76. The maximum atomic E-state index is 12.4. The van der Waals surface area contributed by atoms with Crippen molar-refractivity contribution in [2.45, 2.75) is 264 Å². The second-order valence-electron chi connectivity index (χ2n) is 16.4. The van der Waals surface area contributed by atoms with Crippen molar-refractivity contribution < 1.29 is 24.5 Å². The van der Waals surface area contributed by atoms with E-state index in [4.69, 9.17) is 4.74 Å². The van der Waals surface area contributed by atoms with E-state index in [1.54, 1.807) is 0 Å². The van der Waals surface area contributed by atoms with E-state index in [0.29, 0.717) is 25.9 Å². The fraction of sp³-hybridized carbons (Fsp3) is 0.878. The van der Waals surface area contributed by atoms with Crippen LogP contribution in [0.25, 0.3) is 0 Å². The molecule has 6 nitrogen and oxygen atoms in total. The molecule has 3 N–H and O–H groups in total. The van der Waals surface area contributed by atoms with Gasteiger partial charge in [-0.25, -0.2) is 0 Å². The largest absolute Gasteiger partial charge is 0.466 e. The Kier molecular flexibility index (Phi) is 43.7. The molecule has 2 atom stereocenters. The molecule has 0 aliphatic heterocycles. The summed E-state index contributed by atoms with van der Waals surface area (Å²) in [6, 6.07) is -0.558. The first-order valence-electron chi connectivity index (χ1n) is 24.1. The van der Waals surface area contributed by atoms with Crippen LogP contribution in [-0.2, 0) is 14.3 Å². The standard InChI is InChI=1S/C49H93NO5/c1-3-5-7-9-11-13-15-17-19-21-25-29-33-37-41-47(52)46(45-51)50-48(53)42-38-34-30-26-23-24-28-32-36-40-44-55-49(54)43-39-35-31-27-22-20-18-16-14-12-10-8-6-4-2/h10,12,16,18,46-47,51-52H,3-9,11,13-15,17,19-45H2,1-2H3,(H,50,53)/b12-10-,18-16-. The van der Waals surface area contributed by atoms with Gasteiger partial charge in [-0.1, -0.05) is 212 Å². The number of carbonyl (C=O) groups excluding carboxylic acids is 2. The summed E-state index contributed by atoms with van der Waals surface area (Å²) >= 11 is 0. The van der Waals surface area contributed by atoms with Crippen LogP contribution in [-0.4, -0.2) is 47.4 Å². The molecule has 0 aliphatic carbocycles. The number of allylic oxidation sites excluding steroid dienone is 4. The first-order valence-corrected chi connectivity index (χ1v) is 24.1. The molecule has 0 rings (SSSR count). The molecule has 1 amide bonds. The molecule has 0 radical (unpaired) electrons. The predicted molar refractivity (Wildman–Crippen MR) is 236 cm³/mol. The van der Waals surface area contributed by atoms with Crippen molar-refractivity contribution >= 4 is 11.9 Å². The molecule has 0 fully saturated rings. The van der Waals surface area contributed by atoms with Gasteiger partial charge in [-0.05, 0) is 51.4 Å². The van der Waals surface area contributed by atoms with Crippen LogP contribution < -0.4 is 5.32 Å². The molecule has 0 saturated carbocycles. The SMILES string of the molecule is CCCC/C=C\C/C=C\CCCCCCCC(=O)OCCCCCCCCCCCCC(=O)NC(CO)C(O)CCCCCCCCCCCCCCCC. The number of esters is 1. The molecule has 0 heterocycles. The summed E-state index contributed by atoms with van der Waals surface area (Å²) in [5.41, 5.74) is 0. The van der Waals surface area contributed by atoms with E-state index in [-0.39, 0.29) is 18.5 Å². The minimum absolute atomic E-state index is 0.0337. The van der Waals surface area contributed by atoms with Gasteiger partial charge in [0.05, 0.1) is 25.4 Å². The van der Waals surface area contributed by atoms with E-state index in [1.165, 1.54) is 148 Å². The van der Waals surface area contributed by atoms with Crippen LogP contribution in [0.15, 0.2) is 24.3 Å². The quantitative estimate of drug-likeness (QED) is 0.0325. The average molecular weight is 776 g/mol. The van der Waals surface area contributed by atoms with Crippen molar-refractivity contribution in [1.82, 2.24) is 5.32 Å². The van der Waals surface area contributed by atoms with E-state index >= 15 is 0 Å². The highest BCUT2D eigenvalue weighted by Crippen LogP contribution is 2.16. The summed E-state index contributed by atoms with van der Waals surface area (Å²) in [6.45, 7) is 4.85. The Bertz CT molecular complexity index is 858. The number of hydrogen-bond donors (Lipinski definition) is 3. The van der Waals surface area contributed by atoms with Gasteiger partial charge in [-0.3, -0.25) is 9.59 Å². The van der Waals surface area contributed by atoms with Gasteiger partial charge in [0.25, 0.3) is 0 Å². The summed E-state index contributed by atoms with van der Waals surface area (Å²) < 4.78 is 5.44. The molecule has 55 heavy (non-hydrogen) atoms. The number of ether oxygens (including phenoxy) is 1. The second-order valence-corrected chi connectivity index (χ2v) is 16.4. The van der Waals surface area contributed by atoms with Gasteiger partial charge in [-0.15, -0.1) is 0 Å². The van der Waals surface area contributed by atoms with Gasteiger partial charge in [0.15, 0.2) is 0 Å². The summed E-state index contributed by atoms with van der Waals surface area (Å²) in [5, 5.41) is 23.2. The molecular formula is C49H93NO5. The first kappa shape index (κ1) is 53.3. The number of carbonyl (C=O) groups is 2. The van der Waals surface area contributed by atoms with E-state index in [2.05, 4.69) is 43.5 Å². The zero-order chi connectivity index (χ0) is 40.1. The van der Waals surface area contributed by atoms with Crippen molar-refractivity contribution in [3.63, 3.8) is 0 Å². The van der Waals surface area contributed by atoms with E-state index in [0.717, 1.165) is 70.6 Å². The maximum absolute atomic E-state index is 12.4. The highest BCUT2D eigenvalue weighted by Gasteiger charge is 2.20. The lowest BCUT2D eigenvalue weighted by Crippen LogP contribution is -2.45. The topological polar surface area (TPSA) is 95.9 Å². The zero-order valence-corrected chi connectivity index (χ0v) is 36.7. The lowest BCUT2D eigenvalue weighted by Gasteiger charge is -2.22. The van der Waals surface area contributed by atoms with Gasteiger partial charge < -0.3 is 20.3 Å². The molecule has 0 aromatic carbocycles. The molecule has 324 valence electrons. The molecule has 0 saturated heterocycles. The minimum Gasteiger partial charge on any atom is -0.466 e. The smallest absolute Gasteiger partial charge is 0.305 e. The van der Waals surface area contributed by atoms with Crippen LogP contribution in [0.2, 0.25) is 0 Å². The summed E-state index contributed by atoms with van der Waals surface area (Å²) in [7, 11) is 0. The van der Waals surface area contributed by atoms with Crippen LogP contribution in [0.5, 0.6) is 0 Å². The summed E-state index contributed by atoms with van der Waals surface area (Å²) in [6.07, 6.45) is 51.3. The van der Waals surface area contributed by atoms with Gasteiger partial charge in [0, 0.05) is 12.8 Å². The first-order chi connectivity index (χ1) is 27.0. The van der Waals surface area contributed by atoms with Crippen molar-refractivity contribution in [3.05, 3.63) is 24.3 Å². The van der Waals surface area contributed by atoms with Crippen molar-refractivity contribution in [1.29, 1.82) is 0 Å². The Hall–Kier alpha value is -1.66. The average Bonchev–Trinajstić information content (AvgIpc) is 3.18. The maximum Gasteiger partial charge on any atom is 0.305 e. The number of nitrogens with one attached hydrogen (secondary N) is 1. The van der Waals surface area contributed by atoms with Crippen LogP contribution in [0.4, 0.5) is 0 Å². The second kappa shape index (κ2) is 45.0. The van der Waals surface area contributed by atoms with Gasteiger partial charge in [-0.2, -0.15) is 0 Å². The fourth-order valence-electron chi connectivity index (χ4n) is 7.24. The van der Waals surface area contributed by atoms with Crippen molar-refractivity contribution in [2.75, 3.05) is 13.2 Å². The Balaban J connectivity index is 3.50. The molecule has 0 aromatic rings. The monoisotopic (exact) mass is 776 g/mol. The van der Waals surface area contributed by atoms with Crippen molar-refractivity contribution in [3.8, 4) is 0 Å². The van der Waals surface area contributed by atoms with E-state index < -0.39 is 12.1 Å². The van der Waals surface area contributed by atoms with Crippen LogP contribution in [0.3, 0.4) is 0 Å². The Morgan fingerprint density at radius 1 is 0.509 bits per heavy atom. The predicted octanol–water partition coefficient (Wildman–Crippen LogP) is 14.0. The van der Waals surface area contributed by atoms with Crippen LogP contribution >= 0.6 is 0 Å². The molecule has 2 unspecified atom stereocenters. The van der Waals surface area contributed by atoms with Gasteiger partial charge in [0.1, 0.15) is 0 Å². The van der Waals surface area contributed by atoms with Gasteiger partial charge >= 0.3 is 5.97 Å². The third-order valence-corrected chi connectivity index (χ3v) is 11.0. The zero-order valence-electron chi connectivity index (χ0n) is 36.7. The molecular weight excluding hydrogens is 683 g/mol. The lowest BCUT2D eigenvalue weighted by atomic mass is 10.0. The van der Waals surface area contributed by atoms with E-state index in [9.17, 15) is 19.8 Å². The van der Waals surface area contributed by atoms with Crippen LogP contribution in [0, 0.1) is 0 Å². The number of amides is 1. The number of unbranched alkanes of at least 4 members (excludes halogenated alkanes) is 29. The van der Waals surface area contributed by atoms with Gasteiger partial charge in [0.2, 0.25) is 5.91 Å². The molecule has 0 aromatic heterocycles. The number of rotatable bonds is 44. The van der Waals surface area contributed by atoms with Crippen LogP contribution in [0.1, 0.15) is 251 Å². The third-order valence-electron chi connectivity index (χ3n) is 11.0. The van der Waals surface area contributed by atoms with Crippen molar-refractivity contribution in [2.24, 2.45) is 0 Å².